The van der Waals surface area contributed by atoms with Crippen molar-refractivity contribution >= 4 is 46.1 Å². The number of anilines is 1. The highest BCUT2D eigenvalue weighted by molar-refractivity contribution is 8.26. The van der Waals surface area contributed by atoms with E-state index in [4.69, 9.17) is 12.2 Å². The Morgan fingerprint density at radius 1 is 1.16 bits per heavy atom. The molecule has 3 heterocycles. The number of carbonyl (C=O) groups excluding carboxylic acids is 1. The van der Waals surface area contributed by atoms with Crippen molar-refractivity contribution in [3.63, 3.8) is 0 Å². The second-order valence-corrected chi connectivity index (χ2v) is 10.8. The number of hydrogen-bond acceptors (Lipinski definition) is 7. The van der Waals surface area contributed by atoms with Crippen molar-refractivity contribution in [2.45, 2.75) is 33.4 Å². The number of aromatic nitrogens is 1. The normalized spacial score (nSPS) is 17.5. The quantitative estimate of drug-likeness (QED) is 0.287. The second kappa shape index (κ2) is 11.9. The minimum Gasteiger partial charge on any atom is -0.355 e. The number of benzene rings is 1. The molecule has 2 aromatic rings. The Morgan fingerprint density at radius 2 is 1.86 bits per heavy atom. The SMILES string of the molecule is C=CCN1C(=O)C(=Cc2c(C)c(C#N)c(=O)n(CCC)c2N2CCN(Cc3ccccc3)CC2)SC1=S. The van der Waals surface area contributed by atoms with E-state index in [9.17, 15) is 14.9 Å². The number of piperazine rings is 1. The second-order valence-electron chi connectivity index (χ2n) is 9.14. The molecule has 0 spiro atoms. The van der Waals surface area contributed by atoms with E-state index >= 15 is 0 Å². The van der Waals surface area contributed by atoms with Crippen molar-refractivity contribution < 1.29 is 4.79 Å². The van der Waals surface area contributed by atoms with Gasteiger partial charge in [-0.25, -0.2) is 0 Å². The third kappa shape index (κ3) is 5.57. The number of nitrogens with zero attached hydrogens (tertiary/aromatic N) is 5. The van der Waals surface area contributed by atoms with Gasteiger partial charge in [0.1, 0.15) is 21.8 Å². The van der Waals surface area contributed by atoms with Gasteiger partial charge in [0.05, 0.1) is 4.91 Å². The highest BCUT2D eigenvalue weighted by Gasteiger charge is 2.33. The number of carbonyl (C=O) groups is 1. The fourth-order valence-corrected chi connectivity index (χ4v) is 6.05. The van der Waals surface area contributed by atoms with Gasteiger partial charge in [0, 0.05) is 51.4 Å². The lowest BCUT2D eigenvalue weighted by Crippen LogP contribution is -2.48. The summed E-state index contributed by atoms with van der Waals surface area (Å²) in [4.78, 5) is 33.1. The molecule has 0 radical (unpaired) electrons. The molecule has 0 aliphatic carbocycles. The van der Waals surface area contributed by atoms with Crippen LogP contribution in [-0.4, -0.2) is 57.3 Å². The summed E-state index contributed by atoms with van der Waals surface area (Å²) in [6, 6.07) is 12.5. The number of thioether (sulfide) groups is 1. The average molecular weight is 534 g/mol. The van der Waals surface area contributed by atoms with Gasteiger partial charge in [-0.1, -0.05) is 67.3 Å². The lowest BCUT2D eigenvalue weighted by molar-refractivity contribution is -0.121. The Kier molecular flexibility index (Phi) is 8.64. The molecule has 2 aliphatic rings. The molecule has 0 bridgehead atoms. The van der Waals surface area contributed by atoms with Crippen LogP contribution in [-0.2, 0) is 17.9 Å². The first-order valence-corrected chi connectivity index (χ1v) is 13.7. The van der Waals surface area contributed by atoms with Crippen molar-refractivity contribution in [1.82, 2.24) is 14.4 Å². The predicted octanol–water partition coefficient (Wildman–Crippen LogP) is 4.15. The first kappa shape index (κ1) is 26.9. The molecule has 2 aliphatic heterocycles. The summed E-state index contributed by atoms with van der Waals surface area (Å²) < 4.78 is 2.20. The predicted molar refractivity (Wildman–Crippen MR) is 154 cm³/mol. The van der Waals surface area contributed by atoms with Crippen LogP contribution in [0.25, 0.3) is 6.08 Å². The first-order valence-electron chi connectivity index (χ1n) is 12.4. The summed E-state index contributed by atoms with van der Waals surface area (Å²) in [6.45, 7) is 12.4. The molecule has 0 saturated carbocycles. The average Bonchev–Trinajstić information content (AvgIpc) is 3.16. The van der Waals surface area contributed by atoms with Crippen LogP contribution >= 0.6 is 24.0 Å². The molecule has 37 heavy (non-hydrogen) atoms. The molecule has 192 valence electrons. The molecule has 0 atom stereocenters. The van der Waals surface area contributed by atoms with Crippen LogP contribution in [0.15, 0.2) is 52.7 Å². The Labute approximate surface area is 227 Å². The van der Waals surface area contributed by atoms with Gasteiger partial charge in [0.25, 0.3) is 11.5 Å². The number of hydrogen-bond donors (Lipinski definition) is 0. The highest BCUT2D eigenvalue weighted by Crippen LogP contribution is 2.36. The van der Waals surface area contributed by atoms with Crippen LogP contribution in [0.4, 0.5) is 5.82 Å². The van der Waals surface area contributed by atoms with Crippen molar-refractivity contribution in [1.29, 1.82) is 5.26 Å². The number of amides is 1. The molecule has 1 aromatic carbocycles. The summed E-state index contributed by atoms with van der Waals surface area (Å²) in [5.41, 5.74) is 2.44. The Hall–Kier alpha value is -3.19. The number of thiocarbonyl (C=S) groups is 1. The Bertz CT molecular complexity index is 1340. The first-order chi connectivity index (χ1) is 17.9. The topological polar surface area (TPSA) is 72.6 Å². The third-order valence-corrected chi connectivity index (χ3v) is 8.05. The molecule has 0 N–H and O–H groups in total. The maximum Gasteiger partial charge on any atom is 0.270 e. The van der Waals surface area contributed by atoms with Crippen LogP contribution in [0.1, 0.15) is 35.6 Å². The molecule has 2 saturated heterocycles. The fraction of sp³-hybridized carbons (Fsp3) is 0.357. The van der Waals surface area contributed by atoms with E-state index in [1.54, 1.807) is 17.6 Å². The smallest absolute Gasteiger partial charge is 0.270 e. The molecule has 1 aromatic heterocycles. The summed E-state index contributed by atoms with van der Waals surface area (Å²) in [5.74, 6) is 0.594. The molecule has 2 fully saturated rings. The van der Waals surface area contributed by atoms with Crippen LogP contribution in [0, 0.1) is 18.3 Å². The van der Waals surface area contributed by atoms with Crippen LogP contribution in [0.2, 0.25) is 0 Å². The van der Waals surface area contributed by atoms with E-state index in [0.717, 1.165) is 50.5 Å². The van der Waals surface area contributed by atoms with E-state index in [1.165, 1.54) is 22.2 Å². The summed E-state index contributed by atoms with van der Waals surface area (Å²) in [6.07, 6.45) is 4.21. The summed E-state index contributed by atoms with van der Waals surface area (Å²) in [7, 11) is 0. The van der Waals surface area contributed by atoms with Crippen molar-refractivity contribution in [2.75, 3.05) is 37.6 Å². The van der Waals surface area contributed by atoms with Crippen molar-refractivity contribution in [2.24, 2.45) is 0 Å². The summed E-state index contributed by atoms with van der Waals surface area (Å²) in [5, 5.41) is 9.84. The molecule has 7 nitrogen and oxygen atoms in total. The van der Waals surface area contributed by atoms with E-state index in [1.807, 2.05) is 19.1 Å². The van der Waals surface area contributed by atoms with E-state index in [0.29, 0.717) is 27.9 Å². The Morgan fingerprint density at radius 3 is 2.49 bits per heavy atom. The Balaban J connectivity index is 1.74. The van der Waals surface area contributed by atoms with E-state index in [-0.39, 0.29) is 17.0 Å². The van der Waals surface area contributed by atoms with Gasteiger partial charge in [-0.3, -0.25) is 24.0 Å². The van der Waals surface area contributed by atoms with Gasteiger partial charge in [-0.2, -0.15) is 5.26 Å². The monoisotopic (exact) mass is 533 g/mol. The standard InChI is InChI=1S/C28H31N5O2S2/c1-4-11-32-25(31-15-13-30(14-16-31)19-21-9-7-6-8-10-21)22(20(3)23(18-29)26(32)34)17-24-27(35)33(12-5-2)28(36)37-24/h5-10,17H,2,4,11-16,19H2,1,3H3. The zero-order valence-corrected chi connectivity index (χ0v) is 22.9. The fourth-order valence-electron chi connectivity index (χ4n) is 4.79. The lowest BCUT2D eigenvalue weighted by atomic mass is 10.0. The largest absolute Gasteiger partial charge is 0.355 e. The summed E-state index contributed by atoms with van der Waals surface area (Å²) >= 11 is 6.67. The minimum atomic E-state index is -0.278. The van der Waals surface area contributed by atoms with Gasteiger partial charge in [0.15, 0.2) is 0 Å². The maximum absolute atomic E-state index is 13.4. The molecule has 9 heteroatoms. The van der Waals surface area contributed by atoms with E-state index in [2.05, 4.69) is 46.7 Å². The number of rotatable bonds is 8. The molecular formula is C28H31N5O2S2. The molecule has 4 rings (SSSR count). The maximum atomic E-state index is 13.4. The molecule has 0 unspecified atom stereocenters. The zero-order valence-electron chi connectivity index (χ0n) is 21.3. The molecule has 1 amide bonds. The van der Waals surface area contributed by atoms with Gasteiger partial charge in [-0.15, -0.1) is 6.58 Å². The van der Waals surface area contributed by atoms with Gasteiger partial charge < -0.3 is 4.90 Å². The van der Waals surface area contributed by atoms with Crippen molar-refractivity contribution in [3.8, 4) is 6.07 Å². The van der Waals surface area contributed by atoms with Gasteiger partial charge >= 0.3 is 0 Å². The molecular weight excluding hydrogens is 502 g/mol. The number of pyridine rings is 1. The highest BCUT2D eigenvalue weighted by atomic mass is 32.2. The number of nitriles is 1. The minimum absolute atomic E-state index is 0.118. The third-order valence-electron chi connectivity index (χ3n) is 6.68. The van der Waals surface area contributed by atoms with Gasteiger partial charge in [-0.05, 0) is 30.5 Å². The van der Waals surface area contributed by atoms with Crippen LogP contribution < -0.4 is 10.5 Å². The van der Waals surface area contributed by atoms with Gasteiger partial charge in [0.2, 0.25) is 0 Å². The van der Waals surface area contributed by atoms with Crippen molar-refractivity contribution in [3.05, 3.63) is 80.5 Å². The van der Waals surface area contributed by atoms with Crippen LogP contribution in [0.5, 0.6) is 0 Å². The lowest BCUT2D eigenvalue weighted by Gasteiger charge is -2.38. The zero-order chi connectivity index (χ0) is 26.5. The van der Waals surface area contributed by atoms with Crippen LogP contribution in [0.3, 0.4) is 0 Å². The van der Waals surface area contributed by atoms with E-state index < -0.39 is 0 Å².